The van der Waals surface area contributed by atoms with Gasteiger partial charge in [-0.3, -0.25) is 0 Å². The summed E-state index contributed by atoms with van der Waals surface area (Å²) < 4.78 is 7.95. The van der Waals surface area contributed by atoms with Crippen molar-refractivity contribution in [2.75, 3.05) is 0 Å². The minimum atomic E-state index is 0.894. The summed E-state index contributed by atoms with van der Waals surface area (Å²) in [5, 5.41) is 1.11. The van der Waals surface area contributed by atoms with E-state index in [1.54, 1.807) is 0 Å². The van der Waals surface area contributed by atoms with Gasteiger partial charge in [0.15, 0.2) is 0 Å². The molecule has 1 aromatic heterocycles. The fourth-order valence-electron chi connectivity index (χ4n) is 1.77. The molecule has 3 heteroatoms. The molecule has 0 aliphatic rings. The second kappa shape index (κ2) is 4.31. The van der Waals surface area contributed by atoms with Crippen LogP contribution in [0.4, 0.5) is 0 Å². The van der Waals surface area contributed by atoms with Crippen molar-refractivity contribution in [1.29, 1.82) is 0 Å². The Kier molecular flexibility index (Phi) is 2.81. The van der Waals surface area contributed by atoms with Gasteiger partial charge in [0.05, 0.1) is 0 Å². The molecule has 0 spiro atoms. The highest BCUT2D eigenvalue weighted by molar-refractivity contribution is 9.10. The maximum Gasteiger partial charge on any atom is 0.135 e. The smallest absolute Gasteiger partial charge is 0.135 e. The maximum absolute atomic E-state index is 5.81. The molecule has 0 amide bonds. The first-order chi connectivity index (χ1) is 8.22. The van der Waals surface area contributed by atoms with Crippen LogP contribution in [-0.4, -0.2) is 0 Å². The first kappa shape index (κ1) is 11.1. The SMILES string of the molecule is Brc1ccc(-c2cc3cc(Br)ccc3o2)cc1. The average molecular weight is 352 g/mol. The van der Waals surface area contributed by atoms with E-state index in [1.807, 2.05) is 36.4 Å². The standard InChI is InChI=1S/C14H8Br2O/c15-11-3-1-9(2-4-11)14-8-10-7-12(16)5-6-13(10)17-14/h1-8H. The molecule has 3 rings (SSSR count). The van der Waals surface area contributed by atoms with Crippen molar-refractivity contribution in [3.63, 3.8) is 0 Å². The predicted octanol–water partition coefficient (Wildman–Crippen LogP) is 5.62. The third-order valence-corrected chi connectivity index (χ3v) is 3.63. The van der Waals surface area contributed by atoms with Gasteiger partial charge in [0, 0.05) is 19.9 Å². The van der Waals surface area contributed by atoms with E-state index in [1.165, 1.54) is 0 Å². The van der Waals surface area contributed by atoms with Crippen molar-refractivity contribution in [3.05, 3.63) is 57.5 Å². The molecule has 0 atom stereocenters. The van der Waals surface area contributed by atoms with E-state index in [0.29, 0.717) is 0 Å². The normalized spacial score (nSPS) is 10.9. The summed E-state index contributed by atoms with van der Waals surface area (Å²) in [6.07, 6.45) is 0. The molecule has 0 bridgehead atoms. The molecule has 0 unspecified atom stereocenters. The van der Waals surface area contributed by atoms with Gasteiger partial charge in [-0.2, -0.15) is 0 Å². The Bertz CT molecular complexity index is 668. The molecule has 3 aromatic rings. The van der Waals surface area contributed by atoms with E-state index < -0.39 is 0 Å². The number of furan rings is 1. The van der Waals surface area contributed by atoms with Crippen LogP contribution in [0.25, 0.3) is 22.3 Å². The summed E-state index contributed by atoms with van der Waals surface area (Å²) in [6.45, 7) is 0. The lowest BCUT2D eigenvalue weighted by atomic mass is 10.1. The van der Waals surface area contributed by atoms with Gasteiger partial charge >= 0.3 is 0 Å². The van der Waals surface area contributed by atoms with Crippen LogP contribution < -0.4 is 0 Å². The third-order valence-electron chi connectivity index (χ3n) is 2.61. The lowest BCUT2D eigenvalue weighted by Gasteiger charge is -1.95. The number of fused-ring (bicyclic) bond motifs is 1. The molecule has 0 saturated heterocycles. The molecule has 2 aromatic carbocycles. The third kappa shape index (κ3) is 2.17. The molecular formula is C14H8Br2O. The van der Waals surface area contributed by atoms with Gasteiger partial charge in [-0.05, 0) is 36.4 Å². The predicted molar refractivity (Wildman–Crippen MR) is 77.1 cm³/mol. The number of hydrogen-bond acceptors (Lipinski definition) is 1. The van der Waals surface area contributed by atoms with Gasteiger partial charge in [-0.25, -0.2) is 0 Å². The molecular weight excluding hydrogens is 344 g/mol. The quantitative estimate of drug-likeness (QED) is 0.554. The van der Waals surface area contributed by atoms with Crippen LogP contribution in [0.5, 0.6) is 0 Å². The molecule has 0 aliphatic carbocycles. The van der Waals surface area contributed by atoms with Crippen LogP contribution in [0.15, 0.2) is 61.9 Å². The summed E-state index contributed by atoms with van der Waals surface area (Å²) in [5.74, 6) is 0.894. The fraction of sp³-hybridized carbons (Fsp3) is 0. The lowest BCUT2D eigenvalue weighted by Crippen LogP contribution is -1.71. The Hall–Kier alpha value is -1.06. The van der Waals surface area contributed by atoms with Gasteiger partial charge in [-0.15, -0.1) is 0 Å². The van der Waals surface area contributed by atoms with Crippen molar-refractivity contribution >= 4 is 42.8 Å². The van der Waals surface area contributed by atoms with Crippen LogP contribution in [0.2, 0.25) is 0 Å². The zero-order chi connectivity index (χ0) is 11.8. The molecule has 0 radical (unpaired) electrons. The van der Waals surface area contributed by atoms with Gasteiger partial charge < -0.3 is 4.42 Å². The summed E-state index contributed by atoms with van der Waals surface area (Å²) in [4.78, 5) is 0. The molecule has 0 N–H and O–H groups in total. The van der Waals surface area contributed by atoms with Crippen LogP contribution >= 0.6 is 31.9 Å². The van der Waals surface area contributed by atoms with Crippen LogP contribution in [-0.2, 0) is 0 Å². The fourth-order valence-corrected chi connectivity index (χ4v) is 2.41. The largest absolute Gasteiger partial charge is 0.456 e. The first-order valence-corrected chi connectivity index (χ1v) is 6.76. The minimum Gasteiger partial charge on any atom is -0.456 e. The van der Waals surface area contributed by atoms with E-state index >= 15 is 0 Å². The highest BCUT2D eigenvalue weighted by atomic mass is 79.9. The molecule has 0 saturated carbocycles. The van der Waals surface area contributed by atoms with Crippen molar-refractivity contribution in [3.8, 4) is 11.3 Å². The van der Waals surface area contributed by atoms with Crippen LogP contribution in [0, 0.1) is 0 Å². The molecule has 17 heavy (non-hydrogen) atoms. The van der Waals surface area contributed by atoms with Crippen LogP contribution in [0.1, 0.15) is 0 Å². The summed E-state index contributed by atoms with van der Waals surface area (Å²) in [6, 6.07) is 16.2. The first-order valence-electron chi connectivity index (χ1n) is 5.17. The molecule has 84 valence electrons. The Balaban J connectivity index is 2.14. The van der Waals surface area contributed by atoms with E-state index in [-0.39, 0.29) is 0 Å². The number of hydrogen-bond donors (Lipinski definition) is 0. The van der Waals surface area contributed by atoms with Gasteiger partial charge in [0.2, 0.25) is 0 Å². The van der Waals surface area contributed by atoms with Crippen LogP contribution in [0.3, 0.4) is 0 Å². The van der Waals surface area contributed by atoms with Crippen molar-refractivity contribution in [2.45, 2.75) is 0 Å². The maximum atomic E-state index is 5.81. The Morgan fingerprint density at radius 1 is 0.765 bits per heavy atom. The highest BCUT2D eigenvalue weighted by Gasteiger charge is 2.06. The summed E-state index contributed by atoms with van der Waals surface area (Å²) >= 11 is 6.88. The molecule has 0 fully saturated rings. The highest BCUT2D eigenvalue weighted by Crippen LogP contribution is 2.30. The second-order valence-corrected chi connectivity index (χ2v) is 5.63. The summed E-state index contributed by atoms with van der Waals surface area (Å²) in [7, 11) is 0. The molecule has 0 aliphatic heterocycles. The zero-order valence-corrected chi connectivity index (χ0v) is 12.0. The summed E-state index contributed by atoms with van der Waals surface area (Å²) in [5.41, 5.74) is 1.99. The Morgan fingerprint density at radius 2 is 1.47 bits per heavy atom. The Morgan fingerprint density at radius 3 is 2.24 bits per heavy atom. The van der Waals surface area contributed by atoms with Gasteiger partial charge in [0.25, 0.3) is 0 Å². The Labute approximate surface area is 116 Å². The van der Waals surface area contributed by atoms with E-state index in [0.717, 1.165) is 31.2 Å². The van der Waals surface area contributed by atoms with Gasteiger partial charge in [0.1, 0.15) is 11.3 Å². The number of rotatable bonds is 1. The monoisotopic (exact) mass is 350 g/mol. The minimum absolute atomic E-state index is 0.894. The zero-order valence-electron chi connectivity index (χ0n) is 8.78. The van der Waals surface area contributed by atoms with E-state index in [2.05, 4.69) is 44.0 Å². The number of halogens is 2. The van der Waals surface area contributed by atoms with E-state index in [9.17, 15) is 0 Å². The van der Waals surface area contributed by atoms with Crippen molar-refractivity contribution in [1.82, 2.24) is 0 Å². The molecule has 1 nitrogen and oxygen atoms in total. The number of benzene rings is 2. The topological polar surface area (TPSA) is 13.1 Å². The second-order valence-electron chi connectivity index (χ2n) is 3.80. The van der Waals surface area contributed by atoms with Gasteiger partial charge in [-0.1, -0.05) is 44.0 Å². The van der Waals surface area contributed by atoms with E-state index in [4.69, 9.17) is 4.42 Å². The van der Waals surface area contributed by atoms with Crippen molar-refractivity contribution < 1.29 is 4.42 Å². The van der Waals surface area contributed by atoms with Crippen molar-refractivity contribution in [2.24, 2.45) is 0 Å². The average Bonchev–Trinajstić information content (AvgIpc) is 2.72. The lowest BCUT2D eigenvalue weighted by molar-refractivity contribution is 0.631. The molecule has 1 heterocycles.